The maximum absolute atomic E-state index is 14.7. The molecule has 31 heavy (non-hydrogen) atoms. The van der Waals surface area contributed by atoms with Gasteiger partial charge in [0, 0.05) is 18.3 Å². The van der Waals surface area contributed by atoms with Gasteiger partial charge in [-0.3, -0.25) is 9.51 Å². The maximum atomic E-state index is 14.7. The SMILES string of the molecule is O=c1[nH]c(-c2c[nH]c3cc(F)c(N[C@@H]4Cc5ccc(C6(O)CCC6)cc5C4)nc23)no1. The van der Waals surface area contributed by atoms with Crippen LogP contribution in [0.4, 0.5) is 10.2 Å². The molecule has 1 fully saturated rings. The average Bonchev–Trinajstić information content (AvgIpc) is 3.43. The molecule has 2 aliphatic carbocycles. The van der Waals surface area contributed by atoms with Gasteiger partial charge in [0.25, 0.3) is 0 Å². The Kier molecular flexibility index (Phi) is 3.85. The monoisotopic (exact) mass is 421 g/mol. The first kappa shape index (κ1) is 18.3. The van der Waals surface area contributed by atoms with E-state index in [1.807, 2.05) is 6.07 Å². The molecule has 0 aliphatic heterocycles. The molecular formula is C22H20FN5O3. The van der Waals surface area contributed by atoms with E-state index < -0.39 is 17.2 Å². The van der Waals surface area contributed by atoms with E-state index in [9.17, 15) is 14.3 Å². The van der Waals surface area contributed by atoms with E-state index in [4.69, 9.17) is 0 Å². The van der Waals surface area contributed by atoms with Crippen molar-refractivity contribution in [2.45, 2.75) is 43.7 Å². The molecule has 0 saturated heterocycles. The lowest BCUT2D eigenvalue weighted by atomic mass is 9.74. The van der Waals surface area contributed by atoms with Gasteiger partial charge in [-0.15, -0.1) is 0 Å². The molecule has 2 aliphatic rings. The predicted molar refractivity (Wildman–Crippen MR) is 111 cm³/mol. The number of nitrogens with zero attached hydrogens (tertiary/aromatic N) is 2. The fraction of sp³-hybridized carbons (Fsp3) is 0.318. The number of aromatic nitrogens is 4. The molecule has 4 N–H and O–H groups in total. The number of anilines is 1. The van der Waals surface area contributed by atoms with E-state index in [-0.39, 0.29) is 17.7 Å². The van der Waals surface area contributed by atoms with Crippen LogP contribution in [0.3, 0.4) is 0 Å². The quantitative estimate of drug-likeness (QED) is 0.402. The second-order valence-electron chi connectivity index (χ2n) is 8.48. The molecule has 0 spiro atoms. The molecule has 0 radical (unpaired) electrons. The highest BCUT2D eigenvalue weighted by Crippen LogP contribution is 2.42. The number of aliphatic hydroxyl groups is 1. The second-order valence-corrected chi connectivity index (χ2v) is 8.48. The van der Waals surface area contributed by atoms with Crippen molar-refractivity contribution in [2.24, 2.45) is 0 Å². The van der Waals surface area contributed by atoms with Gasteiger partial charge in [0.05, 0.1) is 16.7 Å². The third-order valence-electron chi connectivity index (χ3n) is 6.50. The molecule has 3 aromatic heterocycles. The van der Waals surface area contributed by atoms with Crippen LogP contribution in [0.15, 0.2) is 39.8 Å². The number of hydrogen-bond acceptors (Lipinski definition) is 6. The van der Waals surface area contributed by atoms with Gasteiger partial charge >= 0.3 is 5.76 Å². The minimum absolute atomic E-state index is 0.00465. The topological polar surface area (TPSA) is 120 Å². The van der Waals surface area contributed by atoms with Crippen molar-refractivity contribution in [3.63, 3.8) is 0 Å². The van der Waals surface area contributed by atoms with Crippen LogP contribution in [0.1, 0.15) is 36.0 Å². The number of H-pyrrole nitrogens is 2. The normalized spacial score (nSPS) is 19.4. The number of fused-ring (bicyclic) bond motifs is 2. The molecule has 0 bridgehead atoms. The lowest BCUT2D eigenvalue weighted by Crippen LogP contribution is -2.33. The summed E-state index contributed by atoms with van der Waals surface area (Å²) in [6.07, 6.45) is 5.75. The molecule has 158 valence electrons. The van der Waals surface area contributed by atoms with Crippen LogP contribution in [0.25, 0.3) is 22.4 Å². The minimum Gasteiger partial charge on any atom is -0.385 e. The Bertz CT molecular complexity index is 1370. The van der Waals surface area contributed by atoms with E-state index in [1.54, 1.807) is 6.20 Å². The molecule has 3 heterocycles. The fourth-order valence-electron chi connectivity index (χ4n) is 4.65. The number of rotatable bonds is 4. The summed E-state index contributed by atoms with van der Waals surface area (Å²) < 4.78 is 19.3. The largest absolute Gasteiger partial charge is 0.439 e. The highest BCUT2D eigenvalue weighted by atomic mass is 19.1. The van der Waals surface area contributed by atoms with Gasteiger partial charge in [-0.1, -0.05) is 23.4 Å². The van der Waals surface area contributed by atoms with E-state index in [0.29, 0.717) is 16.6 Å². The molecule has 1 aromatic carbocycles. The van der Waals surface area contributed by atoms with Crippen LogP contribution in [-0.4, -0.2) is 31.3 Å². The number of aromatic amines is 2. The summed E-state index contributed by atoms with van der Waals surface area (Å²) >= 11 is 0. The zero-order valence-electron chi connectivity index (χ0n) is 16.5. The zero-order chi connectivity index (χ0) is 21.2. The standard InChI is InChI=1S/C22H20FN5O3/c23-16-9-17-18(15(10-24-17)19-27-21(29)31-28-19)26-20(16)25-14-7-11-2-3-13(6-12(11)8-14)22(30)4-1-5-22/h2-3,6,9-10,14,24,30H,1,4-5,7-8H2,(H,25,26)(H,27,28,29)/t14-/m1/s1. The molecule has 1 atom stereocenters. The Labute approximate surface area is 175 Å². The summed E-state index contributed by atoms with van der Waals surface area (Å²) in [7, 11) is 0. The average molecular weight is 421 g/mol. The van der Waals surface area contributed by atoms with Gasteiger partial charge in [0.2, 0.25) is 0 Å². The van der Waals surface area contributed by atoms with Gasteiger partial charge < -0.3 is 15.4 Å². The fourth-order valence-corrected chi connectivity index (χ4v) is 4.65. The first-order valence-corrected chi connectivity index (χ1v) is 10.3. The maximum Gasteiger partial charge on any atom is 0.439 e. The molecule has 8 nitrogen and oxygen atoms in total. The third-order valence-corrected chi connectivity index (χ3v) is 6.50. The second kappa shape index (κ2) is 6.52. The number of halogens is 1. The third kappa shape index (κ3) is 2.96. The Morgan fingerprint density at radius 1 is 1.23 bits per heavy atom. The summed E-state index contributed by atoms with van der Waals surface area (Å²) in [4.78, 5) is 21.2. The molecule has 6 rings (SSSR count). The van der Waals surface area contributed by atoms with Crippen LogP contribution >= 0.6 is 0 Å². The van der Waals surface area contributed by atoms with Crippen LogP contribution in [0, 0.1) is 5.82 Å². The zero-order valence-corrected chi connectivity index (χ0v) is 16.5. The Morgan fingerprint density at radius 3 is 2.81 bits per heavy atom. The number of hydrogen-bond donors (Lipinski definition) is 4. The molecule has 9 heteroatoms. The molecule has 1 saturated carbocycles. The van der Waals surface area contributed by atoms with Crippen molar-refractivity contribution in [2.75, 3.05) is 5.32 Å². The van der Waals surface area contributed by atoms with Crippen molar-refractivity contribution in [3.8, 4) is 11.4 Å². The van der Waals surface area contributed by atoms with Gasteiger partial charge in [-0.2, -0.15) is 0 Å². The van der Waals surface area contributed by atoms with Crippen molar-refractivity contribution >= 4 is 16.9 Å². The van der Waals surface area contributed by atoms with Crippen molar-refractivity contribution in [1.82, 2.24) is 20.1 Å². The number of pyridine rings is 1. The van der Waals surface area contributed by atoms with E-state index in [2.05, 4.69) is 42.1 Å². The minimum atomic E-state index is -0.688. The van der Waals surface area contributed by atoms with Gasteiger partial charge in [-0.05, 0) is 48.8 Å². The van der Waals surface area contributed by atoms with Gasteiger partial charge in [0.1, 0.15) is 5.52 Å². The summed E-state index contributed by atoms with van der Waals surface area (Å²) in [5, 5.41) is 17.6. The van der Waals surface area contributed by atoms with Crippen LogP contribution < -0.4 is 11.1 Å². The highest BCUT2D eigenvalue weighted by Gasteiger charge is 2.37. The summed E-state index contributed by atoms with van der Waals surface area (Å²) in [5.41, 5.74) is 4.17. The Morgan fingerprint density at radius 2 is 2.06 bits per heavy atom. The van der Waals surface area contributed by atoms with Crippen LogP contribution in [-0.2, 0) is 18.4 Å². The lowest BCUT2D eigenvalue weighted by molar-refractivity contribution is -0.0388. The Balaban J connectivity index is 1.28. The lowest BCUT2D eigenvalue weighted by Gasteiger charge is -2.37. The van der Waals surface area contributed by atoms with Crippen molar-refractivity contribution < 1.29 is 14.0 Å². The van der Waals surface area contributed by atoms with Crippen molar-refractivity contribution in [3.05, 3.63) is 63.5 Å². The van der Waals surface area contributed by atoms with Gasteiger partial charge in [-0.25, -0.2) is 14.2 Å². The number of nitrogens with one attached hydrogen (secondary N) is 3. The van der Waals surface area contributed by atoms with Gasteiger partial charge in [0.15, 0.2) is 17.5 Å². The van der Waals surface area contributed by atoms with Crippen LogP contribution in [0.5, 0.6) is 0 Å². The first-order valence-electron chi connectivity index (χ1n) is 10.3. The van der Waals surface area contributed by atoms with Crippen LogP contribution in [0.2, 0.25) is 0 Å². The summed E-state index contributed by atoms with van der Waals surface area (Å²) in [6, 6.07) is 7.54. The van der Waals surface area contributed by atoms with Crippen molar-refractivity contribution in [1.29, 1.82) is 0 Å². The summed E-state index contributed by atoms with van der Waals surface area (Å²) in [5.74, 6) is -0.750. The van der Waals surface area contributed by atoms with E-state index in [1.165, 1.54) is 17.2 Å². The van der Waals surface area contributed by atoms with E-state index in [0.717, 1.165) is 37.7 Å². The molecule has 4 aromatic rings. The Hall–Kier alpha value is -3.46. The van der Waals surface area contributed by atoms with E-state index >= 15 is 0 Å². The first-order chi connectivity index (χ1) is 15.0. The summed E-state index contributed by atoms with van der Waals surface area (Å²) in [6.45, 7) is 0. The molecule has 0 amide bonds. The molecule has 0 unspecified atom stereocenters. The molecular weight excluding hydrogens is 401 g/mol. The highest BCUT2D eigenvalue weighted by molar-refractivity contribution is 5.91. The number of benzene rings is 1. The predicted octanol–water partition coefficient (Wildman–Crippen LogP) is 3.00. The smallest absolute Gasteiger partial charge is 0.385 e.